The van der Waals surface area contributed by atoms with Crippen LogP contribution in [0.25, 0.3) is 5.69 Å². The van der Waals surface area contributed by atoms with Crippen LogP contribution in [0.2, 0.25) is 0 Å². The molecule has 1 N–H and O–H groups in total. The molecule has 1 saturated carbocycles. The van der Waals surface area contributed by atoms with E-state index in [-0.39, 0.29) is 6.10 Å². The molecule has 22 heavy (non-hydrogen) atoms. The van der Waals surface area contributed by atoms with E-state index in [2.05, 4.69) is 42.3 Å². The van der Waals surface area contributed by atoms with Gasteiger partial charge in [0.25, 0.3) is 0 Å². The lowest BCUT2D eigenvalue weighted by atomic mass is 10.1. The minimum absolute atomic E-state index is 0.115. The molecule has 2 aromatic rings. The number of aliphatic hydroxyl groups is 1. The first kappa shape index (κ1) is 15.3. The van der Waals surface area contributed by atoms with Gasteiger partial charge in [-0.15, -0.1) is 0 Å². The molecule has 1 aromatic heterocycles. The summed E-state index contributed by atoms with van der Waals surface area (Å²) in [4.78, 5) is 2.30. The fourth-order valence-electron chi connectivity index (χ4n) is 3.35. The molecule has 0 amide bonds. The van der Waals surface area contributed by atoms with E-state index in [1.54, 1.807) is 0 Å². The number of aliphatic hydroxyl groups excluding tert-OH is 1. The van der Waals surface area contributed by atoms with Crippen LogP contribution in [-0.4, -0.2) is 39.5 Å². The van der Waals surface area contributed by atoms with Gasteiger partial charge < -0.3 is 10.0 Å². The van der Waals surface area contributed by atoms with Crippen LogP contribution in [-0.2, 0) is 6.54 Å². The summed E-state index contributed by atoms with van der Waals surface area (Å²) in [5.41, 5.74) is 3.41. The molecule has 0 spiro atoms. The molecule has 0 aliphatic heterocycles. The highest BCUT2D eigenvalue weighted by Gasteiger charge is 2.26. The first-order chi connectivity index (χ1) is 10.6. The van der Waals surface area contributed by atoms with Crippen molar-refractivity contribution in [3.8, 4) is 5.69 Å². The van der Waals surface area contributed by atoms with Crippen molar-refractivity contribution < 1.29 is 5.11 Å². The van der Waals surface area contributed by atoms with Crippen LogP contribution in [0.1, 0.15) is 30.5 Å². The molecule has 2 atom stereocenters. The summed E-state index contributed by atoms with van der Waals surface area (Å²) in [6.45, 7) is 3.89. The van der Waals surface area contributed by atoms with Gasteiger partial charge in [0.1, 0.15) is 0 Å². The van der Waals surface area contributed by atoms with Crippen molar-refractivity contribution in [3.63, 3.8) is 0 Å². The zero-order valence-corrected chi connectivity index (χ0v) is 13.4. The quantitative estimate of drug-likeness (QED) is 0.923. The Kier molecular flexibility index (Phi) is 4.60. The normalized spacial score (nSPS) is 21.6. The van der Waals surface area contributed by atoms with E-state index in [0.717, 1.165) is 43.7 Å². The van der Waals surface area contributed by atoms with E-state index in [0.29, 0.717) is 5.92 Å². The third-order valence-corrected chi connectivity index (χ3v) is 4.63. The monoisotopic (exact) mass is 299 g/mol. The van der Waals surface area contributed by atoms with E-state index in [9.17, 15) is 5.11 Å². The standard InChI is InChI=1S/C18H25N3O/c1-14-16(12-20(2)11-15-7-6-10-18(15)22)13-21(19-14)17-8-4-3-5-9-17/h3-5,8-9,13,15,18,22H,6-7,10-12H2,1-2H3. The Bertz CT molecular complexity index is 608. The number of hydrogen-bond acceptors (Lipinski definition) is 3. The predicted octanol–water partition coefficient (Wildman–Crippen LogP) is 2.77. The van der Waals surface area contributed by atoms with Gasteiger partial charge >= 0.3 is 0 Å². The number of nitrogens with zero attached hydrogens (tertiary/aromatic N) is 3. The molecule has 1 fully saturated rings. The summed E-state index contributed by atoms with van der Waals surface area (Å²) in [6.07, 6.45) is 5.27. The molecule has 0 radical (unpaired) electrons. The summed E-state index contributed by atoms with van der Waals surface area (Å²) in [5.74, 6) is 0.425. The molecule has 1 aliphatic carbocycles. The van der Waals surface area contributed by atoms with Gasteiger partial charge in [-0.3, -0.25) is 0 Å². The van der Waals surface area contributed by atoms with E-state index >= 15 is 0 Å². The van der Waals surface area contributed by atoms with Gasteiger partial charge in [0, 0.05) is 24.8 Å². The maximum atomic E-state index is 9.97. The molecule has 118 valence electrons. The molecule has 0 bridgehead atoms. The van der Waals surface area contributed by atoms with Gasteiger partial charge in [0.15, 0.2) is 0 Å². The summed E-state index contributed by atoms with van der Waals surface area (Å²) >= 11 is 0. The van der Waals surface area contributed by atoms with Crippen molar-refractivity contribution in [2.24, 2.45) is 5.92 Å². The first-order valence-corrected chi connectivity index (χ1v) is 8.10. The lowest BCUT2D eigenvalue weighted by Crippen LogP contribution is -2.29. The Morgan fingerprint density at radius 3 is 2.73 bits per heavy atom. The van der Waals surface area contributed by atoms with Crippen molar-refractivity contribution in [1.82, 2.24) is 14.7 Å². The maximum absolute atomic E-state index is 9.97. The number of rotatable bonds is 5. The van der Waals surface area contributed by atoms with E-state index < -0.39 is 0 Å². The Morgan fingerprint density at radius 1 is 1.27 bits per heavy atom. The number of para-hydroxylation sites is 1. The van der Waals surface area contributed by atoms with Crippen LogP contribution in [0.15, 0.2) is 36.5 Å². The molecule has 1 heterocycles. The smallest absolute Gasteiger partial charge is 0.0645 e. The molecule has 1 aliphatic rings. The van der Waals surface area contributed by atoms with Crippen LogP contribution in [0.3, 0.4) is 0 Å². The van der Waals surface area contributed by atoms with Gasteiger partial charge in [0.05, 0.1) is 17.5 Å². The summed E-state index contributed by atoms with van der Waals surface area (Å²) in [5, 5.41) is 14.6. The molecule has 3 rings (SSSR count). The number of aromatic nitrogens is 2. The van der Waals surface area contributed by atoms with Crippen molar-refractivity contribution >= 4 is 0 Å². The highest BCUT2D eigenvalue weighted by Crippen LogP contribution is 2.26. The average Bonchev–Trinajstić information content (AvgIpc) is 3.07. The Morgan fingerprint density at radius 2 is 2.05 bits per heavy atom. The Balaban J connectivity index is 1.66. The van der Waals surface area contributed by atoms with E-state index in [1.807, 2.05) is 22.9 Å². The van der Waals surface area contributed by atoms with E-state index in [4.69, 9.17) is 0 Å². The Hall–Kier alpha value is -1.65. The fraction of sp³-hybridized carbons (Fsp3) is 0.500. The van der Waals surface area contributed by atoms with Crippen LogP contribution >= 0.6 is 0 Å². The summed E-state index contributed by atoms with van der Waals surface area (Å²) in [6, 6.07) is 10.2. The average molecular weight is 299 g/mol. The fourth-order valence-corrected chi connectivity index (χ4v) is 3.35. The number of hydrogen-bond donors (Lipinski definition) is 1. The summed E-state index contributed by atoms with van der Waals surface area (Å²) in [7, 11) is 2.13. The highest BCUT2D eigenvalue weighted by atomic mass is 16.3. The van der Waals surface area contributed by atoms with Gasteiger partial charge in [-0.2, -0.15) is 5.10 Å². The van der Waals surface area contributed by atoms with Crippen molar-refractivity contribution in [2.45, 2.75) is 38.8 Å². The predicted molar refractivity (Wildman–Crippen MR) is 88.0 cm³/mol. The lowest BCUT2D eigenvalue weighted by Gasteiger charge is -2.22. The zero-order valence-electron chi connectivity index (χ0n) is 13.4. The lowest BCUT2D eigenvalue weighted by molar-refractivity contribution is 0.108. The van der Waals surface area contributed by atoms with E-state index in [1.165, 1.54) is 5.56 Å². The minimum Gasteiger partial charge on any atom is -0.393 e. The van der Waals surface area contributed by atoms with Gasteiger partial charge in [-0.25, -0.2) is 4.68 Å². The van der Waals surface area contributed by atoms with Crippen LogP contribution in [0.5, 0.6) is 0 Å². The maximum Gasteiger partial charge on any atom is 0.0645 e. The second kappa shape index (κ2) is 6.63. The number of aryl methyl sites for hydroxylation is 1. The largest absolute Gasteiger partial charge is 0.393 e. The van der Waals surface area contributed by atoms with Crippen LogP contribution < -0.4 is 0 Å². The molecular formula is C18H25N3O. The number of benzene rings is 1. The van der Waals surface area contributed by atoms with Crippen molar-refractivity contribution in [1.29, 1.82) is 0 Å². The van der Waals surface area contributed by atoms with Gasteiger partial charge in [-0.05, 0) is 44.9 Å². The van der Waals surface area contributed by atoms with Crippen LogP contribution in [0.4, 0.5) is 0 Å². The molecule has 1 aromatic carbocycles. The minimum atomic E-state index is -0.115. The topological polar surface area (TPSA) is 41.3 Å². The molecular weight excluding hydrogens is 274 g/mol. The highest BCUT2D eigenvalue weighted by molar-refractivity contribution is 5.32. The molecule has 0 saturated heterocycles. The second-order valence-electron chi connectivity index (χ2n) is 6.47. The third-order valence-electron chi connectivity index (χ3n) is 4.63. The molecule has 2 unspecified atom stereocenters. The summed E-state index contributed by atoms with van der Waals surface area (Å²) < 4.78 is 1.95. The van der Waals surface area contributed by atoms with Crippen LogP contribution in [0, 0.1) is 12.8 Å². The molecule has 4 nitrogen and oxygen atoms in total. The molecule has 4 heteroatoms. The first-order valence-electron chi connectivity index (χ1n) is 8.10. The van der Waals surface area contributed by atoms with Gasteiger partial charge in [0.2, 0.25) is 0 Å². The second-order valence-corrected chi connectivity index (χ2v) is 6.47. The zero-order chi connectivity index (χ0) is 15.5. The van der Waals surface area contributed by atoms with Crippen molar-refractivity contribution in [3.05, 3.63) is 47.8 Å². The Labute approximate surface area is 132 Å². The third kappa shape index (κ3) is 3.39. The van der Waals surface area contributed by atoms with Gasteiger partial charge in [-0.1, -0.05) is 24.6 Å². The SMILES string of the molecule is Cc1nn(-c2ccccc2)cc1CN(C)CC1CCCC1O. The van der Waals surface area contributed by atoms with Crippen molar-refractivity contribution in [2.75, 3.05) is 13.6 Å².